The van der Waals surface area contributed by atoms with Gasteiger partial charge in [0, 0.05) is 25.4 Å². The number of benzene rings is 1. The lowest BCUT2D eigenvalue weighted by atomic mass is 10.3. The molecular weight excluding hydrogens is 304 g/mol. The topological polar surface area (TPSA) is 77.1 Å². The molecule has 1 N–H and O–H groups in total. The summed E-state index contributed by atoms with van der Waals surface area (Å²) in [6.45, 7) is 1.04. The number of nitrogens with one attached hydrogen (secondary N) is 1. The van der Waals surface area contributed by atoms with E-state index in [1.807, 2.05) is 39.4 Å². The second kappa shape index (κ2) is 6.11. The first-order chi connectivity index (χ1) is 11.8. The molecule has 0 fully saturated rings. The summed E-state index contributed by atoms with van der Waals surface area (Å²) < 4.78 is 3.91. The molecule has 3 aromatic heterocycles. The molecule has 0 aliphatic rings. The van der Waals surface area contributed by atoms with Crippen molar-refractivity contribution in [3.05, 3.63) is 61.1 Å². The van der Waals surface area contributed by atoms with E-state index in [0.29, 0.717) is 19.5 Å². The van der Waals surface area contributed by atoms with Gasteiger partial charge in [-0.15, -0.1) is 0 Å². The van der Waals surface area contributed by atoms with Crippen LogP contribution in [0.2, 0.25) is 0 Å². The second-order valence-electron chi connectivity index (χ2n) is 5.51. The predicted molar refractivity (Wildman–Crippen MR) is 89.2 cm³/mol. The Hall–Kier alpha value is -3.22. The maximum Gasteiger partial charge on any atom is 0.222 e. The largest absolute Gasteiger partial charge is 0.350 e. The molecule has 4 aromatic rings. The summed E-state index contributed by atoms with van der Waals surface area (Å²) in [7, 11) is 0. The Morgan fingerprint density at radius 2 is 2.08 bits per heavy atom. The zero-order valence-corrected chi connectivity index (χ0v) is 13.0. The van der Waals surface area contributed by atoms with Crippen LogP contribution in [-0.4, -0.2) is 29.8 Å². The standard InChI is InChI=1S/C17H16N6O/c24-17(5-7-22-12-21-14-3-1-2-4-15(14)22)20-10-13-9-19-16-11-18-6-8-23(13)16/h1-4,6,8-9,11-12H,5,7,10H2,(H,20,24). The average molecular weight is 320 g/mol. The maximum atomic E-state index is 12.1. The number of nitrogens with zero attached hydrogens (tertiary/aromatic N) is 5. The number of rotatable bonds is 5. The van der Waals surface area contributed by atoms with Gasteiger partial charge in [-0.25, -0.2) is 9.97 Å². The molecule has 7 heteroatoms. The number of hydrogen-bond acceptors (Lipinski definition) is 4. The van der Waals surface area contributed by atoms with Crippen LogP contribution in [0, 0.1) is 0 Å². The molecule has 120 valence electrons. The van der Waals surface area contributed by atoms with E-state index in [0.717, 1.165) is 22.4 Å². The molecule has 1 aromatic carbocycles. The van der Waals surface area contributed by atoms with Gasteiger partial charge in [-0.1, -0.05) is 12.1 Å². The van der Waals surface area contributed by atoms with Gasteiger partial charge in [-0.3, -0.25) is 14.2 Å². The number of fused-ring (bicyclic) bond motifs is 2. The van der Waals surface area contributed by atoms with Crippen LogP contribution in [0.15, 0.2) is 55.4 Å². The van der Waals surface area contributed by atoms with Gasteiger partial charge in [0.2, 0.25) is 5.91 Å². The minimum absolute atomic E-state index is 0.00297. The molecule has 1 amide bonds. The van der Waals surface area contributed by atoms with Gasteiger partial charge in [0.15, 0.2) is 5.65 Å². The first-order valence-electron chi connectivity index (χ1n) is 7.74. The van der Waals surface area contributed by atoms with Crippen molar-refractivity contribution in [3.63, 3.8) is 0 Å². The van der Waals surface area contributed by atoms with Gasteiger partial charge in [0.05, 0.1) is 42.0 Å². The van der Waals surface area contributed by atoms with Crippen molar-refractivity contribution >= 4 is 22.6 Å². The van der Waals surface area contributed by atoms with E-state index in [-0.39, 0.29) is 5.91 Å². The fraction of sp³-hybridized carbons (Fsp3) is 0.176. The summed E-state index contributed by atoms with van der Waals surface area (Å²) in [6.07, 6.45) is 9.15. The summed E-state index contributed by atoms with van der Waals surface area (Å²) in [5.41, 5.74) is 3.68. The Morgan fingerprint density at radius 1 is 1.17 bits per heavy atom. The highest BCUT2D eigenvalue weighted by atomic mass is 16.1. The Labute approximate surface area is 138 Å². The predicted octanol–water partition coefficient (Wildman–Crippen LogP) is 1.79. The monoisotopic (exact) mass is 320 g/mol. The number of imidazole rings is 2. The highest BCUT2D eigenvalue weighted by molar-refractivity contribution is 5.77. The summed E-state index contributed by atoms with van der Waals surface area (Å²) in [5.74, 6) is -0.00297. The number of hydrogen-bond donors (Lipinski definition) is 1. The van der Waals surface area contributed by atoms with Crippen molar-refractivity contribution in [2.45, 2.75) is 19.5 Å². The fourth-order valence-corrected chi connectivity index (χ4v) is 2.71. The van der Waals surface area contributed by atoms with Crippen LogP contribution in [0.5, 0.6) is 0 Å². The van der Waals surface area contributed by atoms with E-state index >= 15 is 0 Å². The minimum atomic E-state index is -0.00297. The van der Waals surface area contributed by atoms with Crippen molar-refractivity contribution in [2.24, 2.45) is 0 Å². The number of carbonyl (C=O) groups excluding carboxylic acids is 1. The number of carbonyl (C=O) groups is 1. The van der Waals surface area contributed by atoms with E-state index in [9.17, 15) is 4.79 Å². The third-order valence-corrected chi connectivity index (χ3v) is 3.97. The van der Waals surface area contributed by atoms with Gasteiger partial charge in [-0.2, -0.15) is 0 Å². The Morgan fingerprint density at radius 3 is 3.04 bits per heavy atom. The Balaban J connectivity index is 1.37. The third-order valence-electron chi connectivity index (χ3n) is 3.97. The fourth-order valence-electron chi connectivity index (χ4n) is 2.71. The van der Waals surface area contributed by atoms with Crippen molar-refractivity contribution in [3.8, 4) is 0 Å². The highest BCUT2D eigenvalue weighted by Gasteiger charge is 2.07. The molecule has 0 saturated heterocycles. The molecule has 0 spiro atoms. The van der Waals surface area contributed by atoms with E-state index in [1.165, 1.54) is 0 Å². The minimum Gasteiger partial charge on any atom is -0.350 e. The van der Waals surface area contributed by atoms with Crippen molar-refractivity contribution in [2.75, 3.05) is 0 Å². The molecule has 4 rings (SSSR count). The lowest BCUT2D eigenvalue weighted by Gasteiger charge is -2.06. The van der Waals surface area contributed by atoms with Gasteiger partial charge < -0.3 is 9.88 Å². The maximum absolute atomic E-state index is 12.1. The Bertz CT molecular complexity index is 922. The molecule has 0 radical (unpaired) electrons. The van der Waals surface area contributed by atoms with E-state index < -0.39 is 0 Å². The highest BCUT2D eigenvalue weighted by Crippen LogP contribution is 2.12. The van der Waals surface area contributed by atoms with Gasteiger partial charge >= 0.3 is 0 Å². The first kappa shape index (κ1) is 14.4. The number of aromatic nitrogens is 5. The zero-order chi connectivity index (χ0) is 16.4. The average Bonchev–Trinajstić information content (AvgIpc) is 3.22. The van der Waals surface area contributed by atoms with Crippen LogP contribution in [0.3, 0.4) is 0 Å². The van der Waals surface area contributed by atoms with Crippen LogP contribution in [0.1, 0.15) is 12.1 Å². The molecule has 3 heterocycles. The second-order valence-corrected chi connectivity index (χ2v) is 5.51. The van der Waals surface area contributed by atoms with Gasteiger partial charge in [0.1, 0.15) is 0 Å². The van der Waals surface area contributed by atoms with E-state index in [1.54, 1.807) is 24.9 Å². The van der Waals surface area contributed by atoms with Gasteiger partial charge in [0.25, 0.3) is 0 Å². The van der Waals surface area contributed by atoms with Crippen LogP contribution in [0.25, 0.3) is 16.7 Å². The molecule has 7 nitrogen and oxygen atoms in total. The van der Waals surface area contributed by atoms with Gasteiger partial charge in [-0.05, 0) is 12.1 Å². The molecule has 0 unspecified atom stereocenters. The van der Waals surface area contributed by atoms with Crippen LogP contribution < -0.4 is 5.32 Å². The smallest absolute Gasteiger partial charge is 0.222 e. The van der Waals surface area contributed by atoms with E-state index in [2.05, 4.69) is 20.3 Å². The first-order valence-corrected chi connectivity index (χ1v) is 7.74. The summed E-state index contributed by atoms with van der Waals surface area (Å²) >= 11 is 0. The molecule has 0 aliphatic carbocycles. The molecule has 24 heavy (non-hydrogen) atoms. The molecular formula is C17H16N6O. The number of aryl methyl sites for hydroxylation is 1. The van der Waals surface area contributed by atoms with Crippen LogP contribution >= 0.6 is 0 Å². The number of para-hydroxylation sites is 2. The SMILES string of the molecule is O=C(CCn1cnc2ccccc21)NCc1cnc2cnccn12. The third kappa shape index (κ3) is 2.71. The summed E-state index contributed by atoms with van der Waals surface area (Å²) in [6, 6.07) is 7.90. The molecule has 0 aliphatic heterocycles. The van der Waals surface area contributed by atoms with Crippen molar-refractivity contribution < 1.29 is 4.79 Å². The zero-order valence-electron chi connectivity index (χ0n) is 13.0. The molecule has 0 bridgehead atoms. The molecule has 0 saturated carbocycles. The number of amides is 1. The quantitative estimate of drug-likeness (QED) is 0.608. The van der Waals surface area contributed by atoms with Crippen LogP contribution in [-0.2, 0) is 17.9 Å². The summed E-state index contributed by atoms with van der Waals surface area (Å²) in [4.78, 5) is 24.7. The van der Waals surface area contributed by atoms with E-state index in [4.69, 9.17) is 0 Å². The van der Waals surface area contributed by atoms with Crippen molar-refractivity contribution in [1.82, 2.24) is 29.2 Å². The normalized spacial score (nSPS) is 11.2. The molecule has 0 atom stereocenters. The summed E-state index contributed by atoms with van der Waals surface area (Å²) in [5, 5.41) is 2.93. The lowest BCUT2D eigenvalue weighted by Crippen LogP contribution is -2.24. The van der Waals surface area contributed by atoms with Crippen molar-refractivity contribution in [1.29, 1.82) is 0 Å². The van der Waals surface area contributed by atoms with Crippen LogP contribution in [0.4, 0.5) is 0 Å². The Kier molecular flexibility index (Phi) is 3.66. The lowest BCUT2D eigenvalue weighted by molar-refractivity contribution is -0.121.